The molecule has 0 aromatic heterocycles. The second-order valence-electron chi connectivity index (χ2n) is 7.98. The lowest BCUT2D eigenvalue weighted by molar-refractivity contribution is 0.0823. The Balaban J connectivity index is 1.40. The Morgan fingerprint density at radius 3 is 2.47 bits per heavy atom. The number of nitrogens with one attached hydrogen (secondary N) is 1. The van der Waals surface area contributed by atoms with Crippen LogP contribution in [0.1, 0.15) is 64.2 Å². The number of nitrogens with zero attached hydrogens (tertiary/aromatic N) is 1. The lowest BCUT2D eigenvalue weighted by atomic mass is 9.73. The highest BCUT2D eigenvalue weighted by molar-refractivity contribution is 4.97. The molecular formula is C17H30N2. The normalized spacial score (nSPS) is 37.9. The maximum Gasteiger partial charge on any atom is 0.00988 e. The van der Waals surface area contributed by atoms with Gasteiger partial charge < -0.3 is 5.32 Å². The molecule has 3 saturated carbocycles. The van der Waals surface area contributed by atoms with Gasteiger partial charge in [-0.2, -0.15) is 0 Å². The van der Waals surface area contributed by atoms with E-state index in [4.69, 9.17) is 0 Å². The Bertz CT molecular complexity index is 317. The zero-order valence-electron chi connectivity index (χ0n) is 12.4. The molecule has 4 fully saturated rings. The van der Waals surface area contributed by atoms with Crippen LogP contribution in [0.4, 0.5) is 0 Å². The number of hydrogen-bond acceptors (Lipinski definition) is 2. The third-order valence-electron chi connectivity index (χ3n) is 6.32. The van der Waals surface area contributed by atoms with Gasteiger partial charge in [-0.25, -0.2) is 0 Å². The average molecular weight is 262 g/mol. The predicted octanol–water partition coefficient (Wildman–Crippen LogP) is 3.17. The van der Waals surface area contributed by atoms with Crippen LogP contribution in [0.5, 0.6) is 0 Å². The molecule has 0 amide bonds. The average Bonchev–Trinajstić information content (AvgIpc) is 3.05. The van der Waals surface area contributed by atoms with E-state index in [1.807, 2.05) is 0 Å². The monoisotopic (exact) mass is 262 g/mol. The molecule has 108 valence electrons. The lowest BCUT2D eigenvalue weighted by Gasteiger charge is -2.43. The second-order valence-corrected chi connectivity index (χ2v) is 7.98. The van der Waals surface area contributed by atoms with Crippen molar-refractivity contribution in [1.82, 2.24) is 10.2 Å². The molecule has 0 aromatic carbocycles. The Kier molecular flexibility index (Phi) is 3.35. The van der Waals surface area contributed by atoms with Crippen molar-refractivity contribution in [3.05, 3.63) is 0 Å². The molecule has 4 aliphatic rings. The van der Waals surface area contributed by atoms with Crippen molar-refractivity contribution in [2.75, 3.05) is 19.6 Å². The van der Waals surface area contributed by atoms with Gasteiger partial charge in [0.1, 0.15) is 0 Å². The second kappa shape index (κ2) is 5.04. The summed E-state index contributed by atoms with van der Waals surface area (Å²) < 4.78 is 0. The van der Waals surface area contributed by atoms with Gasteiger partial charge >= 0.3 is 0 Å². The van der Waals surface area contributed by atoms with Gasteiger partial charge in [0.05, 0.1) is 0 Å². The van der Waals surface area contributed by atoms with E-state index >= 15 is 0 Å². The minimum Gasteiger partial charge on any atom is -0.313 e. The summed E-state index contributed by atoms with van der Waals surface area (Å²) in [7, 11) is 0. The first-order valence-corrected chi connectivity index (χ1v) is 8.80. The number of rotatable bonds is 5. The van der Waals surface area contributed by atoms with Crippen molar-refractivity contribution in [3.63, 3.8) is 0 Å². The van der Waals surface area contributed by atoms with E-state index in [2.05, 4.69) is 10.2 Å². The summed E-state index contributed by atoms with van der Waals surface area (Å²) in [6, 6.07) is 1.85. The molecule has 0 spiro atoms. The van der Waals surface area contributed by atoms with Gasteiger partial charge in [-0.3, -0.25) is 4.90 Å². The molecule has 1 heterocycles. The van der Waals surface area contributed by atoms with Crippen molar-refractivity contribution in [2.24, 2.45) is 11.3 Å². The van der Waals surface area contributed by atoms with Crippen molar-refractivity contribution in [2.45, 2.75) is 76.3 Å². The molecule has 1 N–H and O–H groups in total. The van der Waals surface area contributed by atoms with E-state index in [1.54, 1.807) is 0 Å². The van der Waals surface area contributed by atoms with Gasteiger partial charge in [0, 0.05) is 31.7 Å². The summed E-state index contributed by atoms with van der Waals surface area (Å²) in [6.45, 7) is 4.15. The van der Waals surface area contributed by atoms with Gasteiger partial charge in [0.25, 0.3) is 0 Å². The van der Waals surface area contributed by atoms with Crippen molar-refractivity contribution < 1.29 is 0 Å². The quantitative estimate of drug-likeness (QED) is 0.818. The van der Waals surface area contributed by atoms with Crippen LogP contribution in [-0.4, -0.2) is 36.6 Å². The van der Waals surface area contributed by atoms with Gasteiger partial charge in [-0.15, -0.1) is 0 Å². The van der Waals surface area contributed by atoms with Crippen LogP contribution < -0.4 is 5.32 Å². The summed E-state index contributed by atoms with van der Waals surface area (Å²) in [5, 5.41) is 3.86. The zero-order chi connectivity index (χ0) is 12.7. The third-order valence-corrected chi connectivity index (χ3v) is 6.32. The molecule has 2 heteroatoms. The maximum absolute atomic E-state index is 3.86. The summed E-state index contributed by atoms with van der Waals surface area (Å²) in [6.07, 6.45) is 14.8. The van der Waals surface area contributed by atoms with Crippen LogP contribution in [0.2, 0.25) is 0 Å². The minimum absolute atomic E-state index is 0.630. The molecule has 4 rings (SSSR count). The Hall–Kier alpha value is -0.0800. The highest BCUT2D eigenvalue weighted by Gasteiger charge is 2.42. The van der Waals surface area contributed by atoms with Crippen LogP contribution in [0.15, 0.2) is 0 Å². The largest absolute Gasteiger partial charge is 0.313 e. The standard InChI is InChI=1S/C17H30N2/c1-2-8-17(9-3-1,12-18-15-5-6-15)13-19-11-14-4-7-16(19)10-14/h14-16,18H,1-13H2. The van der Waals surface area contributed by atoms with Crippen LogP contribution in [0.3, 0.4) is 0 Å². The van der Waals surface area contributed by atoms with Crippen LogP contribution >= 0.6 is 0 Å². The molecule has 3 aliphatic carbocycles. The number of likely N-dealkylation sites (tertiary alicyclic amines) is 1. The molecule has 1 saturated heterocycles. The first kappa shape index (κ1) is 12.6. The van der Waals surface area contributed by atoms with Crippen molar-refractivity contribution in [1.29, 1.82) is 0 Å². The van der Waals surface area contributed by atoms with Crippen LogP contribution in [0, 0.1) is 11.3 Å². The highest BCUT2D eigenvalue weighted by atomic mass is 15.2. The fraction of sp³-hybridized carbons (Fsp3) is 1.00. The van der Waals surface area contributed by atoms with Crippen LogP contribution in [0.25, 0.3) is 0 Å². The van der Waals surface area contributed by atoms with Gasteiger partial charge in [0.2, 0.25) is 0 Å². The Morgan fingerprint density at radius 2 is 1.84 bits per heavy atom. The maximum atomic E-state index is 3.86. The van der Waals surface area contributed by atoms with E-state index in [1.165, 1.54) is 83.8 Å². The summed E-state index contributed by atoms with van der Waals surface area (Å²) in [5.74, 6) is 1.06. The molecule has 2 nitrogen and oxygen atoms in total. The smallest absolute Gasteiger partial charge is 0.00988 e. The van der Waals surface area contributed by atoms with Crippen molar-refractivity contribution in [3.8, 4) is 0 Å². The molecule has 2 atom stereocenters. The summed E-state index contributed by atoms with van der Waals surface area (Å²) in [4.78, 5) is 2.88. The predicted molar refractivity (Wildman–Crippen MR) is 79.2 cm³/mol. The molecule has 19 heavy (non-hydrogen) atoms. The minimum atomic E-state index is 0.630. The van der Waals surface area contributed by atoms with E-state index in [0.717, 1.165) is 18.0 Å². The van der Waals surface area contributed by atoms with Crippen molar-refractivity contribution >= 4 is 0 Å². The molecular weight excluding hydrogens is 232 g/mol. The number of piperidine rings is 1. The van der Waals surface area contributed by atoms with Gasteiger partial charge in [0.15, 0.2) is 0 Å². The summed E-state index contributed by atoms with van der Waals surface area (Å²) in [5.41, 5.74) is 0.630. The molecule has 0 radical (unpaired) electrons. The van der Waals surface area contributed by atoms with E-state index in [-0.39, 0.29) is 0 Å². The Morgan fingerprint density at radius 1 is 1.00 bits per heavy atom. The number of fused-ring (bicyclic) bond motifs is 2. The molecule has 2 unspecified atom stereocenters. The molecule has 1 aliphatic heterocycles. The van der Waals surface area contributed by atoms with E-state index < -0.39 is 0 Å². The third kappa shape index (κ3) is 2.71. The molecule has 2 bridgehead atoms. The van der Waals surface area contributed by atoms with E-state index in [9.17, 15) is 0 Å². The first-order valence-electron chi connectivity index (χ1n) is 8.80. The summed E-state index contributed by atoms with van der Waals surface area (Å²) >= 11 is 0. The van der Waals surface area contributed by atoms with Gasteiger partial charge in [-0.05, 0) is 56.3 Å². The zero-order valence-corrected chi connectivity index (χ0v) is 12.4. The fourth-order valence-electron chi connectivity index (χ4n) is 4.99. The molecule has 0 aromatic rings. The SMILES string of the molecule is C1CCC(CNC2CC2)(CN2CC3CCC2C3)CC1. The van der Waals surface area contributed by atoms with Gasteiger partial charge in [-0.1, -0.05) is 19.3 Å². The number of hydrogen-bond donors (Lipinski definition) is 1. The fourth-order valence-corrected chi connectivity index (χ4v) is 4.99. The first-order chi connectivity index (χ1) is 9.33. The topological polar surface area (TPSA) is 15.3 Å². The van der Waals surface area contributed by atoms with E-state index in [0.29, 0.717) is 5.41 Å². The van der Waals surface area contributed by atoms with Crippen LogP contribution in [-0.2, 0) is 0 Å². The lowest BCUT2D eigenvalue weighted by Crippen LogP contribution is -2.48. The Labute approximate surface area is 118 Å². The highest BCUT2D eigenvalue weighted by Crippen LogP contribution is 2.43.